The number of rotatable bonds is 10. The van der Waals surface area contributed by atoms with Crippen molar-refractivity contribution in [3.63, 3.8) is 0 Å². The van der Waals surface area contributed by atoms with Crippen LogP contribution in [0.1, 0.15) is 52.2 Å². The van der Waals surface area contributed by atoms with Gasteiger partial charge in [-0.2, -0.15) is 5.10 Å². The number of hydrogen-bond acceptors (Lipinski definition) is 10. The lowest BCUT2D eigenvalue weighted by atomic mass is 9.91. The van der Waals surface area contributed by atoms with Crippen LogP contribution in [0.15, 0.2) is 47.3 Å². The summed E-state index contributed by atoms with van der Waals surface area (Å²) < 4.78 is 9.59. The second-order valence-corrected chi connectivity index (χ2v) is 12.5. The van der Waals surface area contributed by atoms with Crippen molar-refractivity contribution in [1.29, 1.82) is 0 Å². The minimum Gasteiger partial charge on any atom is -0.460 e. The molecule has 41 heavy (non-hydrogen) atoms. The molecule has 0 radical (unpaired) electrons. The van der Waals surface area contributed by atoms with Gasteiger partial charge in [-0.15, -0.1) is 27.8 Å². The van der Waals surface area contributed by atoms with E-state index in [1.54, 1.807) is 29.1 Å². The number of aldehydes is 1. The molecule has 0 bridgehead atoms. The van der Waals surface area contributed by atoms with E-state index in [-0.39, 0.29) is 6.10 Å². The number of aliphatic hydroxyl groups is 1. The first-order chi connectivity index (χ1) is 19.9. The van der Waals surface area contributed by atoms with Gasteiger partial charge in [0.15, 0.2) is 6.29 Å². The lowest BCUT2D eigenvalue weighted by Gasteiger charge is -2.35. The summed E-state index contributed by atoms with van der Waals surface area (Å²) in [4.78, 5) is 28.4. The predicted molar refractivity (Wildman–Crippen MR) is 158 cm³/mol. The molecule has 10 nitrogen and oxygen atoms in total. The topological polar surface area (TPSA) is 115 Å². The van der Waals surface area contributed by atoms with Gasteiger partial charge in [0.1, 0.15) is 17.1 Å². The number of esters is 1. The van der Waals surface area contributed by atoms with Gasteiger partial charge in [0, 0.05) is 30.6 Å². The SMILES string of the molecule is Cn1ncc2c(C=O)cc3nnn(CCCN(C)[C@H]4CC[C@H](OC(=O)C(O)(c5cccs5)c5cccs5)CC4)c3c21. The Kier molecular flexibility index (Phi) is 7.73. The zero-order chi connectivity index (χ0) is 28.6. The molecule has 1 saturated carbocycles. The highest BCUT2D eigenvalue weighted by atomic mass is 32.1. The van der Waals surface area contributed by atoms with E-state index < -0.39 is 11.6 Å². The zero-order valence-corrected chi connectivity index (χ0v) is 24.6. The summed E-state index contributed by atoms with van der Waals surface area (Å²) in [5.41, 5.74) is 1.24. The summed E-state index contributed by atoms with van der Waals surface area (Å²) in [5, 5.41) is 29.0. The highest BCUT2D eigenvalue weighted by Gasteiger charge is 2.45. The molecule has 5 aromatic rings. The summed E-state index contributed by atoms with van der Waals surface area (Å²) >= 11 is 2.71. The molecule has 1 aliphatic carbocycles. The molecule has 4 heterocycles. The monoisotopic (exact) mass is 592 g/mol. The highest BCUT2D eigenvalue weighted by molar-refractivity contribution is 7.12. The van der Waals surface area contributed by atoms with Crippen LogP contribution >= 0.6 is 22.7 Å². The fourth-order valence-corrected chi connectivity index (χ4v) is 7.57. The van der Waals surface area contributed by atoms with Crippen LogP contribution in [0.25, 0.3) is 21.9 Å². The number of aromatic nitrogens is 5. The van der Waals surface area contributed by atoms with Crippen molar-refractivity contribution in [2.24, 2.45) is 7.05 Å². The van der Waals surface area contributed by atoms with Crippen molar-refractivity contribution in [2.75, 3.05) is 13.6 Å². The molecule has 1 N–H and O–H groups in total. The molecule has 0 atom stereocenters. The Morgan fingerprint density at radius 1 is 1.17 bits per heavy atom. The number of thiophene rings is 2. The minimum absolute atomic E-state index is 0.210. The maximum absolute atomic E-state index is 13.3. The number of carbonyl (C=O) groups is 2. The molecule has 6 rings (SSSR count). The second-order valence-electron chi connectivity index (χ2n) is 10.6. The Morgan fingerprint density at radius 3 is 2.51 bits per heavy atom. The van der Waals surface area contributed by atoms with Crippen LogP contribution in [-0.2, 0) is 28.7 Å². The van der Waals surface area contributed by atoms with Crippen LogP contribution in [0.3, 0.4) is 0 Å². The molecule has 4 aromatic heterocycles. The first-order valence-corrected chi connectivity index (χ1v) is 15.5. The number of hydrogen-bond donors (Lipinski definition) is 1. The van der Waals surface area contributed by atoms with Crippen LogP contribution in [0.2, 0.25) is 0 Å². The van der Waals surface area contributed by atoms with E-state index >= 15 is 0 Å². The van der Waals surface area contributed by atoms with Gasteiger partial charge < -0.3 is 14.7 Å². The van der Waals surface area contributed by atoms with E-state index in [1.807, 2.05) is 34.6 Å². The van der Waals surface area contributed by atoms with Gasteiger partial charge in [0.25, 0.3) is 0 Å². The van der Waals surface area contributed by atoms with Crippen molar-refractivity contribution in [2.45, 2.75) is 56.4 Å². The van der Waals surface area contributed by atoms with Gasteiger partial charge in [0.2, 0.25) is 5.60 Å². The average molecular weight is 593 g/mol. The van der Waals surface area contributed by atoms with E-state index in [0.717, 1.165) is 61.4 Å². The smallest absolute Gasteiger partial charge is 0.349 e. The molecule has 0 spiro atoms. The van der Waals surface area contributed by atoms with Crippen molar-refractivity contribution in [1.82, 2.24) is 29.7 Å². The van der Waals surface area contributed by atoms with E-state index in [2.05, 4.69) is 27.4 Å². The average Bonchev–Trinajstić information content (AvgIpc) is 3.81. The summed E-state index contributed by atoms with van der Waals surface area (Å²) in [6, 6.07) is 9.39. The van der Waals surface area contributed by atoms with Crippen molar-refractivity contribution >= 4 is 56.9 Å². The number of ether oxygens (including phenoxy) is 1. The number of carbonyl (C=O) groups excluding carboxylic acids is 2. The molecule has 214 valence electrons. The molecule has 0 saturated heterocycles. The van der Waals surface area contributed by atoms with Gasteiger partial charge in [-0.05, 0) is 74.7 Å². The first kappa shape index (κ1) is 27.7. The normalized spacial score (nSPS) is 18.0. The van der Waals surface area contributed by atoms with Gasteiger partial charge >= 0.3 is 5.97 Å². The summed E-state index contributed by atoms with van der Waals surface area (Å²) in [6.45, 7) is 1.58. The molecule has 0 amide bonds. The van der Waals surface area contributed by atoms with Gasteiger partial charge in [-0.3, -0.25) is 9.48 Å². The molecule has 0 aliphatic heterocycles. The first-order valence-electron chi connectivity index (χ1n) is 13.7. The molecule has 0 unspecified atom stereocenters. The third kappa shape index (κ3) is 5.09. The van der Waals surface area contributed by atoms with E-state index in [1.165, 1.54) is 22.7 Å². The van der Waals surface area contributed by atoms with Crippen molar-refractivity contribution < 1.29 is 19.4 Å². The summed E-state index contributed by atoms with van der Waals surface area (Å²) in [7, 11) is 4.00. The zero-order valence-electron chi connectivity index (χ0n) is 23.0. The van der Waals surface area contributed by atoms with Crippen LogP contribution in [0.5, 0.6) is 0 Å². The van der Waals surface area contributed by atoms with Gasteiger partial charge in [-0.1, -0.05) is 17.3 Å². The van der Waals surface area contributed by atoms with Gasteiger partial charge in [-0.25, -0.2) is 9.48 Å². The highest BCUT2D eigenvalue weighted by Crippen LogP contribution is 2.38. The summed E-state index contributed by atoms with van der Waals surface area (Å²) in [5.74, 6) is -0.595. The molecule has 1 aliphatic rings. The van der Waals surface area contributed by atoms with Crippen molar-refractivity contribution in [3.05, 3.63) is 62.6 Å². The number of nitrogens with zero attached hydrogens (tertiary/aromatic N) is 6. The Balaban J connectivity index is 1.04. The predicted octanol–water partition coefficient (Wildman–Crippen LogP) is 4.37. The number of aryl methyl sites for hydroxylation is 2. The molecular formula is C29H32N6O4S2. The van der Waals surface area contributed by atoms with Crippen LogP contribution < -0.4 is 0 Å². The second kappa shape index (κ2) is 11.4. The Bertz CT molecular complexity index is 1620. The Morgan fingerprint density at radius 2 is 1.88 bits per heavy atom. The van der Waals surface area contributed by atoms with E-state index in [4.69, 9.17) is 4.74 Å². The molecular weight excluding hydrogens is 560 g/mol. The number of benzene rings is 1. The molecule has 1 fully saturated rings. The Hall–Kier alpha value is -3.45. The van der Waals surface area contributed by atoms with Crippen LogP contribution in [0.4, 0.5) is 0 Å². The molecule has 1 aromatic carbocycles. The fraction of sp³-hybridized carbons (Fsp3) is 0.414. The maximum atomic E-state index is 13.3. The van der Waals surface area contributed by atoms with Crippen LogP contribution in [0, 0.1) is 0 Å². The largest absolute Gasteiger partial charge is 0.460 e. The van der Waals surface area contributed by atoms with E-state index in [0.29, 0.717) is 33.4 Å². The third-order valence-electron chi connectivity index (χ3n) is 8.13. The maximum Gasteiger partial charge on any atom is 0.349 e. The lowest BCUT2D eigenvalue weighted by molar-refractivity contribution is -0.169. The molecule has 12 heteroatoms. The number of fused-ring (bicyclic) bond motifs is 3. The minimum atomic E-state index is -1.77. The van der Waals surface area contributed by atoms with Crippen molar-refractivity contribution in [3.8, 4) is 0 Å². The fourth-order valence-electron chi connectivity index (χ4n) is 5.86. The third-order valence-corrected chi connectivity index (χ3v) is 10.1. The Labute approximate surface area is 245 Å². The lowest BCUT2D eigenvalue weighted by Crippen LogP contribution is -2.42. The summed E-state index contributed by atoms with van der Waals surface area (Å²) in [6.07, 6.45) is 6.57. The van der Waals surface area contributed by atoms with E-state index in [9.17, 15) is 14.7 Å². The van der Waals surface area contributed by atoms with Crippen LogP contribution in [-0.4, -0.2) is 72.8 Å². The standard InChI is InChI=1S/C29H32N6O4S2/c1-33(12-5-13-35-27-23(31-32-35)16-19(18-36)22-17-30-34(2)26(22)27)20-8-10-21(11-9-20)39-28(37)29(38,24-6-3-14-40-24)25-7-4-15-41-25/h3-4,6-7,14-18,20-21,38H,5,8-13H2,1-2H3/t20-,21-. The quantitative estimate of drug-likeness (QED) is 0.188. The van der Waals surface area contributed by atoms with Gasteiger partial charge in [0.05, 0.1) is 21.5 Å².